The molecule has 0 aromatic carbocycles. The van der Waals surface area contributed by atoms with Crippen molar-refractivity contribution in [2.75, 3.05) is 0 Å². The molecule has 0 radical (unpaired) electrons. The number of allylic oxidation sites excluding steroid dienone is 2. The van der Waals surface area contributed by atoms with Gasteiger partial charge >= 0.3 is 0 Å². The topological polar surface area (TPSA) is 0 Å². The van der Waals surface area contributed by atoms with Crippen molar-refractivity contribution in [1.82, 2.24) is 0 Å². The van der Waals surface area contributed by atoms with Crippen LogP contribution in [0.2, 0.25) is 0 Å². The Morgan fingerprint density at radius 3 is 1.69 bits per heavy atom. The van der Waals surface area contributed by atoms with E-state index in [0.717, 1.165) is 107 Å². The lowest BCUT2D eigenvalue weighted by molar-refractivity contribution is -0.0466. The maximum atomic E-state index is 2.83. The molecule has 0 nitrogen and oxygen atoms in total. The average molecular weight is 667 g/mol. The largest absolute Gasteiger partial charge is 0.0882 e. The first-order valence-electron chi connectivity index (χ1n) is 23.7. The van der Waals surface area contributed by atoms with Crippen molar-refractivity contribution in [2.24, 2.45) is 112 Å². The summed E-state index contributed by atoms with van der Waals surface area (Å²) in [4.78, 5) is 0. The Labute approximate surface area is 304 Å². The van der Waals surface area contributed by atoms with Crippen molar-refractivity contribution in [3.8, 4) is 0 Å². The van der Waals surface area contributed by atoms with Crippen molar-refractivity contribution < 1.29 is 0 Å². The van der Waals surface area contributed by atoms with Crippen LogP contribution >= 0.6 is 0 Å². The smallest absolute Gasteiger partial charge is 0.0171 e. The molecule has 49 heavy (non-hydrogen) atoms. The lowest BCUT2D eigenvalue weighted by Gasteiger charge is -2.55. The van der Waals surface area contributed by atoms with Crippen LogP contribution in [0.5, 0.6) is 0 Å². The van der Waals surface area contributed by atoms with E-state index in [1.165, 1.54) is 25.7 Å². The lowest BCUT2D eigenvalue weighted by atomic mass is 9.50. The van der Waals surface area contributed by atoms with Gasteiger partial charge in [-0.3, -0.25) is 0 Å². The summed E-state index contributed by atoms with van der Waals surface area (Å²) < 4.78 is 0. The standard InChI is InChI=1S/C49H78/c1-49(2)47-29-35(34-20-18-31-10-3-4-11-33(31)26-34)22-24-43(47)44-25-23-38(30-48(44)49)40-17-9-13-32-19-21-37(28-45(32)40)46-27-36-12-5-6-14-39(36)41-15-7-8-16-42(41)46/h7,15,31-48H,3-6,8-14,16-30H2,1-2H3. The zero-order valence-corrected chi connectivity index (χ0v) is 32.4. The van der Waals surface area contributed by atoms with E-state index in [4.69, 9.17) is 0 Å². The van der Waals surface area contributed by atoms with Gasteiger partial charge in [-0.2, -0.15) is 0 Å². The van der Waals surface area contributed by atoms with E-state index in [0.29, 0.717) is 5.41 Å². The minimum absolute atomic E-state index is 0.597. The quantitative estimate of drug-likeness (QED) is 0.263. The second kappa shape index (κ2) is 13.5. The summed E-state index contributed by atoms with van der Waals surface area (Å²) >= 11 is 0. The molecule has 18 atom stereocenters. The Morgan fingerprint density at radius 1 is 0.347 bits per heavy atom. The van der Waals surface area contributed by atoms with E-state index in [1.54, 1.807) is 141 Å². The maximum absolute atomic E-state index is 2.83. The zero-order valence-electron chi connectivity index (χ0n) is 32.4. The zero-order chi connectivity index (χ0) is 32.7. The maximum Gasteiger partial charge on any atom is -0.0171 e. The molecule has 18 unspecified atom stereocenters. The van der Waals surface area contributed by atoms with Crippen molar-refractivity contribution >= 4 is 0 Å². The molecule has 0 aromatic heterocycles. The van der Waals surface area contributed by atoms with Gasteiger partial charge in [0.15, 0.2) is 0 Å². The highest BCUT2D eigenvalue weighted by atomic mass is 14.6. The molecule has 0 spiro atoms. The van der Waals surface area contributed by atoms with E-state index in [2.05, 4.69) is 26.0 Å². The van der Waals surface area contributed by atoms with Crippen LogP contribution in [0.1, 0.15) is 181 Å². The molecule has 0 aliphatic heterocycles. The summed E-state index contributed by atoms with van der Waals surface area (Å²) in [6.07, 6.45) is 46.6. The molecule has 0 amide bonds. The molecular formula is C49H78. The Bertz CT molecular complexity index is 1180. The van der Waals surface area contributed by atoms with Gasteiger partial charge in [0.25, 0.3) is 0 Å². The second-order valence-corrected chi connectivity index (χ2v) is 22.3. The normalized spacial score (nSPS) is 55.1. The fourth-order valence-electron chi connectivity index (χ4n) is 18.5. The first-order chi connectivity index (χ1) is 24.0. The third-order valence-corrected chi connectivity index (χ3v) is 20.7. The molecule has 0 N–H and O–H groups in total. The Balaban J connectivity index is 0.825. The van der Waals surface area contributed by atoms with Crippen molar-refractivity contribution in [1.29, 1.82) is 0 Å². The van der Waals surface area contributed by atoms with E-state index < -0.39 is 0 Å². The molecule has 9 fully saturated rings. The fraction of sp³-hybridized carbons (Fsp3) is 0.959. The van der Waals surface area contributed by atoms with Gasteiger partial charge in [-0.1, -0.05) is 83.8 Å². The van der Waals surface area contributed by atoms with Gasteiger partial charge in [0.1, 0.15) is 0 Å². The summed E-state index contributed by atoms with van der Waals surface area (Å²) in [5.74, 6) is 19.3. The monoisotopic (exact) mass is 667 g/mol. The molecule has 10 rings (SSSR count). The predicted molar refractivity (Wildman–Crippen MR) is 206 cm³/mol. The number of hydrogen-bond donors (Lipinski definition) is 0. The second-order valence-electron chi connectivity index (χ2n) is 22.3. The Hall–Kier alpha value is -0.260. The minimum Gasteiger partial charge on any atom is -0.0882 e. The molecular weight excluding hydrogens is 589 g/mol. The predicted octanol–water partition coefficient (Wildman–Crippen LogP) is 13.9. The van der Waals surface area contributed by atoms with Gasteiger partial charge in [0.2, 0.25) is 0 Å². The highest BCUT2D eigenvalue weighted by Crippen LogP contribution is 2.67. The lowest BCUT2D eigenvalue weighted by Crippen LogP contribution is -2.47. The third kappa shape index (κ3) is 5.84. The van der Waals surface area contributed by atoms with Gasteiger partial charge < -0.3 is 0 Å². The molecule has 0 heteroatoms. The molecule has 274 valence electrons. The van der Waals surface area contributed by atoms with E-state index in [9.17, 15) is 0 Å². The van der Waals surface area contributed by atoms with Crippen molar-refractivity contribution in [2.45, 2.75) is 181 Å². The van der Waals surface area contributed by atoms with Gasteiger partial charge in [-0.15, -0.1) is 0 Å². The van der Waals surface area contributed by atoms with Crippen LogP contribution in [0.15, 0.2) is 12.2 Å². The molecule has 10 aliphatic rings. The summed E-state index contributed by atoms with van der Waals surface area (Å²) in [6, 6.07) is 0. The van der Waals surface area contributed by atoms with Crippen molar-refractivity contribution in [3.63, 3.8) is 0 Å². The van der Waals surface area contributed by atoms with Crippen LogP contribution in [-0.2, 0) is 0 Å². The van der Waals surface area contributed by atoms with E-state index in [-0.39, 0.29) is 0 Å². The molecule has 0 saturated heterocycles. The average Bonchev–Trinajstić information content (AvgIpc) is 3.38. The number of hydrogen-bond acceptors (Lipinski definition) is 0. The van der Waals surface area contributed by atoms with Gasteiger partial charge in [0.05, 0.1) is 0 Å². The SMILES string of the molecule is CC1(C)C2CC(C3CCC4CCCCC4C3)CCC2C2CCC(C3CCCC4CCC(C5CC6CCCCC6C6C=CCCC65)CC43)CC21. The van der Waals surface area contributed by atoms with Crippen molar-refractivity contribution in [3.05, 3.63) is 12.2 Å². The van der Waals surface area contributed by atoms with Crippen LogP contribution in [-0.4, -0.2) is 0 Å². The first kappa shape index (κ1) is 33.3. The number of rotatable bonds is 3. The van der Waals surface area contributed by atoms with Gasteiger partial charge in [-0.05, 0) is 221 Å². The first-order valence-corrected chi connectivity index (χ1v) is 23.7. The summed E-state index contributed by atoms with van der Waals surface area (Å²) in [5.41, 5.74) is 0.597. The minimum atomic E-state index is 0.597. The van der Waals surface area contributed by atoms with E-state index >= 15 is 0 Å². The van der Waals surface area contributed by atoms with Crippen LogP contribution in [0.25, 0.3) is 0 Å². The Kier molecular flexibility index (Phi) is 9.21. The molecule has 0 bridgehead atoms. The summed E-state index contributed by atoms with van der Waals surface area (Å²) in [7, 11) is 0. The molecule has 9 saturated carbocycles. The van der Waals surface area contributed by atoms with Gasteiger partial charge in [0, 0.05) is 0 Å². The van der Waals surface area contributed by atoms with Crippen LogP contribution in [0, 0.1) is 112 Å². The van der Waals surface area contributed by atoms with Crippen LogP contribution < -0.4 is 0 Å². The highest BCUT2D eigenvalue weighted by Gasteiger charge is 2.59. The number of fused-ring (bicyclic) bond motifs is 8. The molecule has 10 aliphatic carbocycles. The summed E-state index contributed by atoms with van der Waals surface area (Å²) in [5, 5.41) is 0. The van der Waals surface area contributed by atoms with Crippen LogP contribution in [0.4, 0.5) is 0 Å². The third-order valence-electron chi connectivity index (χ3n) is 20.7. The Morgan fingerprint density at radius 2 is 0.857 bits per heavy atom. The highest BCUT2D eigenvalue weighted by molar-refractivity contribution is 5.10. The van der Waals surface area contributed by atoms with Crippen LogP contribution in [0.3, 0.4) is 0 Å². The summed E-state index contributed by atoms with van der Waals surface area (Å²) in [6.45, 7) is 5.66. The van der Waals surface area contributed by atoms with E-state index in [1.807, 2.05) is 0 Å². The molecule has 0 heterocycles. The fourth-order valence-corrected chi connectivity index (χ4v) is 18.5. The van der Waals surface area contributed by atoms with Gasteiger partial charge in [-0.25, -0.2) is 0 Å². The molecule has 0 aromatic rings.